The van der Waals surface area contributed by atoms with Crippen molar-refractivity contribution < 1.29 is 27.9 Å². The lowest BCUT2D eigenvalue weighted by Gasteiger charge is -2.15. The zero-order chi connectivity index (χ0) is 17.7. The smallest absolute Gasteiger partial charge is 0.416 e. The molecule has 0 spiro atoms. The van der Waals surface area contributed by atoms with E-state index in [0.717, 1.165) is 12.1 Å². The summed E-state index contributed by atoms with van der Waals surface area (Å²) in [5.41, 5.74) is -0.702. The van der Waals surface area contributed by atoms with Gasteiger partial charge in [0.15, 0.2) is 0 Å². The van der Waals surface area contributed by atoms with Crippen molar-refractivity contribution in [3.05, 3.63) is 65.5 Å². The Labute approximate surface area is 135 Å². The number of halogens is 3. The van der Waals surface area contributed by atoms with E-state index in [4.69, 9.17) is 0 Å². The second-order valence-corrected chi connectivity index (χ2v) is 4.98. The van der Waals surface area contributed by atoms with Crippen molar-refractivity contribution in [2.45, 2.75) is 18.6 Å². The second kappa shape index (κ2) is 7.12. The van der Waals surface area contributed by atoms with Crippen LogP contribution in [0.3, 0.4) is 0 Å². The van der Waals surface area contributed by atoms with Crippen molar-refractivity contribution >= 4 is 11.9 Å². The molecule has 0 bridgehead atoms. The number of aliphatic carboxylic acids is 1. The lowest BCUT2D eigenvalue weighted by molar-refractivity contribution is -0.139. The van der Waals surface area contributed by atoms with E-state index in [1.54, 1.807) is 12.1 Å². The summed E-state index contributed by atoms with van der Waals surface area (Å²) in [7, 11) is 0. The molecule has 2 rings (SSSR count). The molecule has 1 amide bonds. The molecule has 0 saturated carbocycles. The number of alkyl halides is 3. The quantitative estimate of drug-likeness (QED) is 0.878. The number of carbonyl (C=O) groups excluding carboxylic acids is 1. The average Bonchev–Trinajstić information content (AvgIpc) is 2.54. The first-order valence-corrected chi connectivity index (χ1v) is 6.88. The zero-order valence-electron chi connectivity index (χ0n) is 12.2. The van der Waals surface area contributed by atoms with Crippen LogP contribution in [-0.2, 0) is 17.4 Å². The van der Waals surface area contributed by atoms with Crippen molar-refractivity contribution in [1.29, 1.82) is 0 Å². The largest absolute Gasteiger partial charge is 0.480 e. The van der Waals surface area contributed by atoms with Crippen LogP contribution in [0, 0.1) is 0 Å². The molecule has 0 unspecified atom stereocenters. The molecule has 8 heteroatoms. The molecule has 0 aliphatic heterocycles. The average molecular weight is 338 g/mol. The summed E-state index contributed by atoms with van der Waals surface area (Å²) in [6.07, 6.45) is -3.43. The van der Waals surface area contributed by atoms with Gasteiger partial charge in [0, 0.05) is 12.6 Å². The molecule has 0 radical (unpaired) electrons. The normalized spacial score (nSPS) is 12.5. The van der Waals surface area contributed by atoms with Gasteiger partial charge in [-0.25, -0.2) is 4.79 Å². The third kappa shape index (κ3) is 4.55. The van der Waals surface area contributed by atoms with Gasteiger partial charge in [-0.1, -0.05) is 24.3 Å². The number of rotatable bonds is 5. The van der Waals surface area contributed by atoms with Crippen molar-refractivity contribution in [3.8, 4) is 0 Å². The zero-order valence-corrected chi connectivity index (χ0v) is 12.2. The molecular formula is C16H13F3N2O3. The van der Waals surface area contributed by atoms with E-state index in [1.165, 1.54) is 24.4 Å². The second-order valence-electron chi connectivity index (χ2n) is 4.98. The van der Waals surface area contributed by atoms with Crippen molar-refractivity contribution in [1.82, 2.24) is 10.3 Å². The van der Waals surface area contributed by atoms with Crippen molar-refractivity contribution in [3.63, 3.8) is 0 Å². The van der Waals surface area contributed by atoms with Crippen LogP contribution in [0.15, 0.2) is 48.7 Å². The summed E-state index contributed by atoms with van der Waals surface area (Å²) >= 11 is 0. The third-order valence-electron chi connectivity index (χ3n) is 3.20. The predicted octanol–water partition coefficient (Wildman–Crippen LogP) is 2.53. The van der Waals surface area contributed by atoms with Gasteiger partial charge in [0.05, 0.1) is 5.56 Å². The van der Waals surface area contributed by atoms with Gasteiger partial charge in [0.2, 0.25) is 0 Å². The third-order valence-corrected chi connectivity index (χ3v) is 3.20. The highest BCUT2D eigenvalue weighted by Crippen LogP contribution is 2.29. The van der Waals surface area contributed by atoms with E-state index in [-0.39, 0.29) is 17.7 Å². The maximum atomic E-state index is 12.7. The molecule has 24 heavy (non-hydrogen) atoms. The van der Waals surface area contributed by atoms with Crippen molar-refractivity contribution in [2.75, 3.05) is 0 Å². The van der Waals surface area contributed by atoms with Crippen LogP contribution in [0.5, 0.6) is 0 Å². The SMILES string of the molecule is O=C(N[C@@H](Cc1cccc(C(F)(F)F)c1)C(=O)O)c1ccccn1. The molecule has 1 atom stereocenters. The first kappa shape index (κ1) is 17.5. The fraction of sp³-hybridized carbons (Fsp3) is 0.188. The van der Waals surface area contributed by atoms with Crippen molar-refractivity contribution in [2.24, 2.45) is 0 Å². The maximum absolute atomic E-state index is 12.7. The van der Waals surface area contributed by atoms with E-state index in [2.05, 4.69) is 10.3 Å². The first-order valence-electron chi connectivity index (χ1n) is 6.88. The Morgan fingerprint density at radius 2 is 1.92 bits per heavy atom. The number of carboxylic acid groups (broad SMARTS) is 1. The Balaban J connectivity index is 2.15. The fourth-order valence-electron chi connectivity index (χ4n) is 2.04. The number of carboxylic acids is 1. The molecule has 0 fully saturated rings. The van der Waals surface area contributed by atoms with Crippen LogP contribution in [0.25, 0.3) is 0 Å². The molecule has 0 saturated heterocycles. The van der Waals surface area contributed by atoms with E-state index in [9.17, 15) is 27.9 Å². The Bertz CT molecular complexity index is 733. The van der Waals surface area contributed by atoms with Gasteiger partial charge in [0.1, 0.15) is 11.7 Å². The van der Waals surface area contributed by atoms with E-state index in [1.807, 2.05) is 0 Å². The minimum absolute atomic E-state index is 0.0211. The Morgan fingerprint density at radius 3 is 2.50 bits per heavy atom. The summed E-state index contributed by atoms with van der Waals surface area (Å²) in [5, 5.41) is 11.5. The highest BCUT2D eigenvalue weighted by atomic mass is 19.4. The molecule has 1 aromatic heterocycles. The van der Waals surface area contributed by atoms with Crippen LogP contribution in [-0.4, -0.2) is 28.0 Å². The van der Waals surface area contributed by atoms with Gasteiger partial charge >= 0.3 is 12.1 Å². The summed E-state index contributed by atoms with van der Waals surface area (Å²) in [6.45, 7) is 0. The van der Waals surface area contributed by atoms with Gasteiger partial charge in [-0.3, -0.25) is 9.78 Å². The lowest BCUT2D eigenvalue weighted by atomic mass is 10.0. The summed E-state index contributed by atoms with van der Waals surface area (Å²) in [5.74, 6) is -2.06. The molecule has 2 aromatic rings. The summed E-state index contributed by atoms with van der Waals surface area (Å²) in [6, 6.07) is 7.50. The number of nitrogens with one attached hydrogen (secondary N) is 1. The number of aromatic nitrogens is 1. The highest BCUT2D eigenvalue weighted by Gasteiger charge is 2.31. The Hall–Kier alpha value is -2.90. The van der Waals surface area contributed by atoms with E-state index < -0.39 is 29.7 Å². The van der Waals surface area contributed by atoms with Gasteiger partial charge in [0.25, 0.3) is 5.91 Å². The topological polar surface area (TPSA) is 79.3 Å². The molecule has 5 nitrogen and oxygen atoms in total. The standard InChI is InChI=1S/C16H13F3N2O3/c17-16(18,19)11-5-3-4-10(8-11)9-13(15(23)24)21-14(22)12-6-1-2-7-20-12/h1-8,13H,9H2,(H,21,22)(H,23,24)/t13-/m0/s1. The molecule has 2 N–H and O–H groups in total. The van der Waals surface area contributed by atoms with E-state index >= 15 is 0 Å². The van der Waals surface area contributed by atoms with Crippen LogP contribution < -0.4 is 5.32 Å². The van der Waals surface area contributed by atoms with Crippen LogP contribution in [0.4, 0.5) is 13.2 Å². The first-order chi connectivity index (χ1) is 11.3. The molecule has 1 heterocycles. The molecular weight excluding hydrogens is 325 g/mol. The number of nitrogens with zero attached hydrogens (tertiary/aromatic N) is 1. The minimum atomic E-state index is -4.52. The monoisotopic (exact) mass is 338 g/mol. The van der Waals surface area contributed by atoms with Crippen LogP contribution in [0.2, 0.25) is 0 Å². The number of pyridine rings is 1. The fourth-order valence-corrected chi connectivity index (χ4v) is 2.04. The van der Waals surface area contributed by atoms with E-state index in [0.29, 0.717) is 0 Å². The molecule has 1 aromatic carbocycles. The minimum Gasteiger partial charge on any atom is -0.480 e. The predicted molar refractivity (Wildman–Crippen MR) is 78.3 cm³/mol. The highest BCUT2D eigenvalue weighted by molar-refractivity contribution is 5.94. The Morgan fingerprint density at radius 1 is 1.17 bits per heavy atom. The van der Waals surface area contributed by atoms with Crippen LogP contribution in [0.1, 0.15) is 21.6 Å². The molecule has 0 aliphatic carbocycles. The number of hydrogen-bond acceptors (Lipinski definition) is 3. The number of hydrogen-bond donors (Lipinski definition) is 2. The Kier molecular flexibility index (Phi) is 5.18. The molecule has 0 aliphatic rings. The van der Waals surface area contributed by atoms with Gasteiger partial charge < -0.3 is 10.4 Å². The van der Waals surface area contributed by atoms with Gasteiger partial charge in [-0.2, -0.15) is 13.2 Å². The lowest BCUT2D eigenvalue weighted by Crippen LogP contribution is -2.42. The molecule has 126 valence electrons. The number of amides is 1. The number of carbonyl (C=O) groups is 2. The summed E-state index contributed by atoms with van der Waals surface area (Å²) in [4.78, 5) is 27.0. The maximum Gasteiger partial charge on any atom is 0.416 e. The van der Waals surface area contributed by atoms with Crippen LogP contribution >= 0.6 is 0 Å². The van der Waals surface area contributed by atoms with Gasteiger partial charge in [-0.05, 0) is 23.8 Å². The number of benzene rings is 1. The van der Waals surface area contributed by atoms with Gasteiger partial charge in [-0.15, -0.1) is 0 Å². The summed E-state index contributed by atoms with van der Waals surface area (Å²) < 4.78 is 38.1.